The van der Waals surface area contributed by atoms with E-state index in [0.29, 0.717) is 0 Å². The van der Waals surface area contributed by atoms with Crippen LogP contribution in [0, 0.1) is 11.8 Å². The fourth-order valence-electron chi connectivity index (χ4n) is 4.49. The standard InChI is InChI=1S/C24H38ClFN7O8P/c1-11(2)7-13(22(35)38-5)31-42(37,32-14(8-12(3)4)23(36)39-6)40-9-15-18(34)16(26)21(41-15)33-10-28-17-19(27)29-24(25)30-20(17)33/h10-16,18,21,34H,7-9H2,1-6H3,(H2,27,29,30)(H2,31,32,37)/t13-,14-,15+,16?,18-,21+/m0/s1. The van der Waals surface area contributed by atoms with Gasteiger partial charge < -0.3 is 29.6 Å². The predicted molar refractivity (Wildman–Crippen MR) is 150 cm³/mol. The van der Waals surface area contributed by atoms with E-state index in [4.69, 9.17) is 36.1 Å². The van der Waals surface area contributed by atoms with Crippen LogP contribution in [-0.2, 0) is 32.9 Å². The molecule has 1 aliphatic rings. The number of carbonyl (C=O) groups excluding carboxylic acids is 2. The number of nitrogens with one attached hydrogen (secondary N) is 2. The first-order valence-electron chi connectivity index (χ1n) is 13.3. The average Bonchev–Trinajstić information content (AvgIpc) is 3.45. The Morgan fingerprint density at radius 1 is 1.14 bits per heavy atom. The van der Waals surface area contributed by atoms with Crippen LogP contribution in [0.3, 0.4) is 0 Å². The minimum absolute atomic E-state index is 0.0217. The van der Waals surface area contributed by atoms with Crippen LogP contribution in [0.5, 0.6) is 0 Å². The molecule has 2 aromatic heterocycles. The molecule has 18 heteroatoms. The number of nitrogens with two attached hydrogens (primary N) is 1. The van der Waals surface area contributed by atoms with Gasteiger partial charge in [0.2, 0.25) is 5.28 Å². The van der Waals surface area contributed by atoms with E-state index >= 15 is 4.39 Å². The minimum atomic E-state index is -4.30. The van der Waals surface area contributed by atoms with Crippen LogP contribution in [-0.4, -0.2) is 87.9 Å². The normalized spacial score (nSPS) is 22.5. The fraction of sp³-hybridized carbons (Fsp3) is 0.708. The number of carbonyl (C=O) groups is 2. The summed E-state index contributed by atoms with van der Waals surface area (Å²) in [5.41, 5.74) is 6.06. The van der Waals surface area contributed by atoms with Crippen LogP contribution < -0.4 is 15.9 Å². The van der Waals surface area contributed by atoms with Gasteiger partial charge in [0, 0.05) is 0 Å². The summed E-state index contributed by atoms with van der Waals surface area (Å²) < 4.78 is 51.9. The Balaban J connectivity index is 1.87. The molecule has 2 aromatic rings. The number of imidazole rings is 1. The molecule has 3 rings (SSSR count). The Hall–Kier alpha value is -2.46. The first-order valence-corrected chi connectivity index (χ1v) is 15.3. The van der Waals surface area contributed by atoms with Crippen LogP contribution >= 0.6 is 19.3 Å². The number of fused-ring (bicyclic) bond motifs is 1. The van der Waals surface area contributed by atoms with Crippen molar-refractivity contribution in [2.24, 2.45) is 11.8 Å². The topological polar surface area (TPSA) is 202 Å². The monoisotopic (exact) mass is 637 g/mol. The van der Waals surface area contributed by atoms with Crippen molar-refractivity contribution < 1.29 is 42.4 Å². The summed E-state index contributed by atoms with van der Waals surface area (Å²) in [6.07, 6.45) is -4.82. The molecule has 236 valence electrons. The molecule has 42 heavy (non-hydrogen) atoms. The number of nitrogen functional groups attached to an aromatic ring is 1. The van der Waals surface area contributed by atoms with E-state index < -0.39 is 62.9 Å². The molecule has 0 bridgehead atoms. The third-order valence-corrected chi connectivity index (χ3v) is 8.43. The van der Waals surface area contributed by atoms with Crippen LogP contribution in [0.15, 0.2) is 6.33 Å². The second-order valence-electron chi connectivity index (χ2n) is 10.7. The van der Waals surface area contributed by atoms with Gasteiger partial charge in [-0.05, 0) is 36.3 Å². The molecule has 0 amide bonds. The SMILES string of the molecule is COC(=O)[C@H](CC(C)C)NP(=O)(N[C@@H](CC(C)C)C(=O)OC)OC[C@H]1O[C@@H](n2cnc3c(N)nc(Cl)nc32)C(F)[C@H]1O. The zero-order valence-corrected chi connectivity index (χ0v) is 25.8. The van der Waals surface area contributed by atoms with Gasteiger partial charge in [0.15, 0.2) is 23.9 Å². The second kappa shape index (κ2) is 14.3. The van der Waals surface area contributed by atoms with Gasteiger partial charge in [0.1, 0.15) is 29.8 Å². The lowest BCUT2D eigenvalue weighted by Gasteiger charge is -2.30. The van der Waals surface area contributed by atoms with Crippen molar-refractivity contribution in [2.45, 2.75) is 77.2 Å². The highest BCUT2D eigenvalue weighted by Gasteiger charge is 2.47. The lowest BCUT2D eigenvalue weighted by molar-refractivity contribution is -0.143. The summed E-state index contributed by atoms with van der Waals surface area (Å²) in [5.74, 6) is -1.49. The van der Waals surface area contributed by atoms with Gasteiger partial charge >= 0.3 is 19.6 Å². The number of halogens is 2. The number of aromatic nitrogens is 4. The number of hydrogen-bond acceptors (Lipinski definition) is 12. The van der Waals surface area contributed by atoms with Gasteiger partial charge in [0.05, 0.1) is 27.2 Å². The number of esters is 2. The molecule has 15 nitrogen and oxygen atoms in total. The summed E-state index contributed by atoms with van der Waals surface area (Å²) in [5, 5.41) is 15.8. The molecule has 5 N–H and O–H groups in total. The molecule has 0 spiro atoms. The van der Waals surface area contributed by atoms with Crippen molar-refractivity contribution in [2.75, 3.05) is 26.6 Å². The maximum atomic E-state index is 15.3. The smallest absolute Gasteiger partial charge is 0.342 e. The van der Waals surface area contributed by atoms with E-state index in [1.54, 1.807) is 0 Å². The minimum Gasteiger partial charge on any atom is -0.468 e. The summed E-state index contributed by atoms with van der Waals surface area (Å²) in [7, 11) is -1.93. The van der Waals surface area contributed by atoms with Crippen molar-refractivity contribution in [3.8, 4) is 0 Å². The number of nitrogens with zero attached hydrogens (tertiary/aromatic N) is 4. The maximum absolute atomic E-state index is 15.3. The number of aliphatic hydroxyl groups excluding tert-OH is 1. The van der Waals surface area contributed by atoms with Gasteiger partial charge in [-0.3, -0.25) is 18.7 Å². The zero-order chi connectivity index (χ0) is 31.4. The van der Waals surface area contributed by atoms with Crippen LogP contribution in [0.1, 0.15) is 46.8 Å². The highest BCUT2D eigenvalue weighted by atomic mass is 35.5. The van der Waals surface area contributed by atoms with E-state index in [0.717, 1.165) is 0 Å². The number of methoxy groups -OCH3 is 2. The van der Waals surface area contributed by atoms with E-state index in [9.17, 15) is 19.3 Å². The highest BCUT2D eigenvalue weighted by molar-refractivity contribution is 7.54. The van der Waals surface area contributed by atoms with Gasteiger partial charge in [-0.2, -0.15) is 9.97 Å². The molecule has 1 unspecified atom stereocenters. The summed E-state index contributed by atoms with van der Waals surface area (Å²) in [6.45, 7) is 6.79. The Labute approximate surface area is 247 Å². The second-order valence-corrected chi connectivity index (χ2v) is 12.9. The molecule has 6 atom stereocenters. The lowest BCUT2D eigenvalue weighted by atomic mass is 10.1. The van der Waals surface area contributed by atoms with Crippen molar-refractivity contribution in [1.29, 1.82) is 0 Å². The Bertz CT molecular complexity index is 1260. The molecule has 0 aliphatic carbocycles. The van der Waals surface area contributed by atoms with Gasteiger partial charge in [-0.25, -0.2) is 19.5 Å². The first-order chi connectivity index (χ1) is 19.7. The summed E-state index contributed by atoms with van der Waals surface area (Å²) in [4.78, 5) is 37.0. The molecule has 1 saturated heterocycles. The average molecular weight is 638 g/mol. The molecule has 0 aromatic carbocycles. The van der Waals surface area contributed by atoms with E-state index in [1.807, 2.05) is 27.7 Å². The lowest BCUT2D eigenvalue weighted by Crippen LogP contribution is -2.45. The number of anilines is 1. The molecular formula is C24H38ClFN7O8P. The Kier molecular flexibility index (Phi) is 11.6. The number of rotatable bonds is 14. The van der Waals surface area contributed by atoms with Crippen molar-refractivity contribution in [3.05, 3.63) is 11.6 Å². The van der Waals surface area contributed by atoms with Gasteiger partial charge in [-0.1, -0.05) is 27.7 Å². The molecule has 3 heterocycles. The fourth-order valence-corrected chi connectivity index (χ4v) is 6.49. The third kappa shape index (κ3) is 8.13. The van der Waals surface area contributed by atoms with Crippen molar-refractivity contribution >= 4 is 48.2 Å². The first kappa shape index (κ1) is 34.0. The summed E-state index contributed by atoms with van der Waals surface area (Å²) >= 11 is 5.91. The van der Waals surface area contributed by atoms with E-state index in [2.05, 4.69) is 25.1 Å². The molecule has 1 fully saturated rings. The van der Waals surface area contributed by atoms with Crippen LogP contribution in [0.25, 0.3) is 11.2 Å². The van der Waals surface area contributed by atoms with Gasteiger partial charge in [0.25, 0.3) is 0 Å². The maximum Gasteiger partial charge on any atom is 0.342 e. The van der Waals surface area contributed by atoms with Crippen molar-refractivity contribution in [3.63, 3.8) is 0 Å². The predicted octanol–water partition coefficient (Wildman–Crippen LogP) is 2.14. The largest absolute Gasteiger partial charge is 0.468 e. The van der Waals surface area contributed by atoms with Crippen LogP contribution in [0.4, 0.5) is 10.2 Å². The van der Waals surface area contributed by atoms with Crippen molar-refractivity contribution in [1.82, 2.24) is 29.7 Å². The number of ether oxygens (including phenoxy) is 3. The highest BCUT2D eigenvalue weighted by Crippen LogP contribution is 2.43. The van der Waals surface area contributed by atoms with E-state index in [1.165, 1.54) is 25.1 Å². The number of hydrogen-bond donors (Lipinski definition) is 4. The molecule has 1 aliphatic heterocycles. The Morgan fingerprint density at radius 2 is 1.69 bits per heavy atom. The van der Waals surface area contributed by atoms with E-state index in [-0.39, 0.29) is 46.9 Å². The zero-order valence-electron chi connectivity index (χ0n) is 24.2. The number of alkyl halides is 1. The molecule has 0 radical (unpaired) electrons. The van der Waals surface area contributed by atoms with Gasteiger partial charge in [-0.15, -0.1) is 0 Å². The number of aliphatic hydroxyl groups is 1. The Morgan fingerprint density at radius 3 is 2.19 bits per heavy atom. The summed E-state index contributed by atoms with van der Waals surface area (Å²) in [6, 6.07) is -2.18. The quantitative estimate of drug-likeness (QED) is 0.133. The molecular weight excluding hydrogens is 600 g/mol. The third-order valence-electron chi connectivity index (χ3n) is 6.45. The van der Waals surface area contributed by atoms with Crippen LogP contribution in [0.2, 0.25) is 5.28 Å². The molecule has 0 saturated carbocycles.